The van der Waals surface area contributed by atoms with Gasteiger partial charge in [0.25, 0.3) is 5.91 Å². The SMILES string of the molecule is CCc1noc(C)c1C(=O)N1CCN(c2ncccn2)CC1. The fourth-order valence-electron chi connectivity index (χ4n) is 2.66. The predicted molar refractivity (Wildman–Crippen MR) is 80.8 cm³/mol. The van der Waals surface area contributed by atoms with Gasteiger partial charge in [0.15, 0.2) is 0 Å². The van der Waals surface area contributed by atoms with Crippen molar-refractivity contribution in [2.45, 2.75) is 20.3 Å². The third-order valence-electron chi connectivity index (χ3n) is 3.88. The van der Waals surface area contributed by atoms with Gasteiger partial charge in [-0.25, -0.2) is 9.97 Å². The number of hydrogen-bond acceptors (Lipinski definition) is 6. The molecule has 0 radical (unpaired) electrons. The van der Waals surface area contributed by atoms with Crippen LogP contribution in [0, 0.1) is 6.92 Å². The first-order valence-electron chi connectivity index (χ1n) is 7.47. The van der Waals surface area contributed by atoms with Gasteiger partial charge in [0.2, 0.25) is 5.95 Å². The van der Waals surface area contributed by atoms with Crippen LogP contribution in [-0.4, -0.2) is 52.1 Å². The van der Waals surface area contributed by atoms with Crippen molar-refractivity contribution in [2.24, 2.45) is 0 Å². The second-order valence-electron chi connectivity index (χ2n) is 5.24. The molecule has 1 fully saturated rings. The number of amides is 1. The minimum atomic E-state index is 0.00392. The highest BCUT2D eigenvalue weighted by atomic mass is 16.5. The molecule has 1 amide bonds. The van der Waals surface area contributed by atoms with Crippen LogP contribution >= 0.6 is 0 Å². The lowest BCUT2D eigenvalue weighted by Gasteiger charge is -2.34. The highest BCUT2D eigenvalue weighted by Crippen LogP contribution is 2.18. The maximum absolute atomic E-state index is 12.7. The highest BCUT2D eigenvalue weighted by Gasteiger charge is 2.27. The molecule has 22 heavy (non-hydrogen) atoms. The molecule has 2 aromatic rings. The molecule has 2 aromatic heterocycles. The molecule has 3 rings (SSSR count). The van der Waals surface area contributed by atoms with Crippen LogP contribution in [0.25, 0.3) is 0 Å². The second-order valence-corrected chi connectivity index (χ2v) is 5.24. The largest absolute Gasteiger partial charge is 0.361 e. The third kappa shape index (κ3) is 2.66. The quantitative estimate of drug-likeness (QED) is 0.850. The van der Waals surface area contributed by atoms with Crippen molar-refractivity contribution in [2.75, 3.05) is 31.1 Å². The van der Waals surface area contributed by atoms with Crippen molar-refractivity contribution in [3.8, 4) is 0 Å². The first kappa shape index (κ1) is 14.5. The van der Waals surface area contributed by atoms with Crippen molar-refractivity contribution >= 4 is 11.9 Å². The number of rotatable bonds is 3. The Morgan fingerprint density at radius 3 is 2.55 bits per heavy atom. The number of hydrogen-bond donors (Lipinski definition) is 0. The van der Waals surface area contributed by atoms with Gasteiger partial charge in [-0.15, -0.1) is 0 Å². The van der Waals surface area contributed by atoms with E-state index in [9.17, 15) is 4.79 Å². The number of carbonyl (C=O) groups excluding carboxylic acids is 1. The molecule has 0 unspecified atom stereocenters. The topological polar surface area (TPSA) is 75.4 Å². The van der Waals surface area contributed by atoms with Gasteiger partial charge in [-0.2, -0.15) is 0 Å². The summed E-state index contributed by atoms with van der Waals surface area (Å²) < 4.78 is 5.16. The number of carbonyl (C=O) groups is 1. The number of piperazine rings is 1. The highest BCUT2D eigenvalue weighted by molar-refractivity contribution is 5.96. The normalized spacial score (nSPS) is 15.2. The van der Waals surface area contributed by atoms with Gasteiger partial charge in [0, 0.05) is 38.6 Å². The van der Waals surface area contributed by atoms with Crippen molar-refractivity contribution in [3.63, 3.8) is 0 Å². The molecular weight excluding hydrogens is 282 g/mol. The molecule has 7 nitrogen and oxygen atoms in total. The van der Waals surface area contributed by atoms with E-state index in [2.05, 4.69) is 20.0 Å². The molecule has 0 spiro atoms. The molecule has 0 N–H and O–H groups in total. The first-order chi connectivity index (χ1) is 10.7. The number of nitrogens with zero attached hydrogens (tertiary/aromatic N) is 5. The van der Waals surface area contributed by atoms with Gasteiger partial charge in [-0.3, -0.25) is 4.79 Å². The lowest BCUT2D eigenvalue weighted by molar-refractivity contribution is 0.0743. The van der Waals surface area contributed by atoms with E-state index >= 15 is 0 Å². The van der Waals surface area contributed by atoms with E-state index in [1.807, 2.05) is 11.8 Å². The Labute approximate surface area is 128 Å². The van der Waals surface area contributed by atoms with Crippen LogP contribution in [0.1, 0.15) is 28.7 Å². The van der Waals surface area contributed by atoms with Gasteiger partial charge in [0.05, 0.1) is 5.69 Å². The van der Waals surface area contributed by atoms with E-state index < -0.39 is 0 Å². The number of anilines is 1. The smallest absolute Gasteiger partial charge is 0.259 e. The van der Waals surface area contributed by atoms with Crippen molar-refractivity contribution in [1.29, 1.82) is 0 Å². The molecular formula is C15H19N5O2. The van der Waals surface area contributed by atoms with E-state index in [4.69, 9.17) is 4.52 Å². The summed E-state index contributed by atoms with van der Waals surface area (Å²) in [7, 11) is 0. The number of aryl methyl sites for hydroxylation is 2. The molecule has 1 aliphatic rings. The maximum atomic E-state index is 12.7. The monoisotopic (exact) mass is 301 g/mol. The zero-order chi connectivity index (χ0) is 15.5. The standard InChI is InChI=1S/C15H19N5O2/c1-3-12-13(11(2)22-18-12)14(21)19-7-9-20(10-8-19)15-16-5-4-6-17-15/h4-6H,3,7-10H2,1-2H3. The van der Waals surface area contributed by atoms with Crippen LogP contribution in [0.15, 0.2) is 23.0 Å². The van der Waals surface area contributed by atoms with Crippen LogP contribution in [-0.2, 0) is 6.42 Å². The molecule has 0 atom stereocenters. The molecule has 0 saturated carbocycles. The second kappa shape index (κ2) is 6.13. The summed E-state index contributed by atoms with van der Waals surface area (Å²) >= 11 is 0. The van der Waals surface area contributed by atoms with Crippen LogP contribution < -0.4 is 4.90 Å². The summed E-state index contributed by atoms with van der Waals surface area (Å²) in [5, 5.41) is 3.96. The zero-order valence-electron chi connectivity index (χ0n) is 12.8. The minimum Gasteiger partial charge on any atom is -0.361 e. The molecule has 116 valence electrons. The molecule has 3 heterocycles. The van der Waals surface area contributed by atoms with E-state index in [1.54, 1.807) is 25.4 Å². The summed E-state index contributed by atoms with van der Waals surface area (Å²) in [4.78, 5) is 25.1. The van der Waals surface area contributed by atoms with E-state index in [0.717, 1.165) is 18.8 Å². The molecule has 0 bridgehead atoms. The summed E-state index contributed by atoms with van der Waals surface area (Å²) in [6.45, 7) is 6.49. The fraction of sp³-hybridized carbons (Fsp3) is 0.467. The van der Waals surface area contributed by atoms with Crippen LogP contribution in [0.4, 0.5) is 5.95 Å². The number of aromatic nitrogens is 3. The lowest BCUT2D eigenvalue weighted by atomic mass is 10.1. The average molecular weight is 301 g/mol. The van der Waals surface area contributed by atoms with E-state index in [-0.39, 0.29) is 5.91 Å². The van der Waals surface area contributed by atoms with Gasteiger partial charge < -0.3 is 14.3 Å². The zero-order valence-corrected chi connectivity index (χ0v) is 12.8. The lowest BCUT2D eigenvalue weighted by Crippen LogP contribution is -2.49. The van der Waals surface area contributed by atoms with Crippen LogP contribution in [0.5, 0.6) is 0 Å². The Bertz CT molecular complexity index is 647. The minimum absolute atomic E-state index is 0.00392. The fourth-order valence-corrected chi connectivity index (χ4v) is 2.66. The van der Waals surface area contributed by atoms with Gasteiger partial charge >= 0.3 is 0 Å². The maximum Gasteiger partial charge on any atom is 0.259 e. The Morgan fingerprint density at radius 1 is 1.23 bits per heavy atom. The van der Waals surface area contributed by atoms with Gasteiger partial charge in [-0.05, 0) is 19.4 Å². The van der Waals surface area contributed by atoms with Crippen molar-refractivity contribution < 1.29 is 9.32 Å². The summed E-state index contributed by atoms with van der Waals surface area (Å²) in [5.74, 6) is 1.31. The van der Waals surface area contributed by atoms with Gasteiger partial charge in [0.1, 0.15) is 11.3 Å². The molecule has 0 aliphatic carbocycles. The first-order valence-corrected chi connectivity index (χ1v) is 7.47. The summed E-state index contributed by atoms with van der Waals surface area (Å²) in [6, 6.07) is 1.80. The van der Waals surface area contributed by atoms with Gasteiger partial charge in [-0.1, -0.05) is 12.1 Å². The summed E-state index contributed by atoms with van der Waals surface area (Å²) in [6.07, 6.45) is 4.15. The predicted octanol–water partition coefficient (Wildman–Crippen LogP) is 1.30. The van der Waals surface area contributed by atoms with Crippen molar-refractivity contribution in [1.82, 2.24) is 20.0 Å². The molecule has 1 aliphatic heterocycles. The molecule has 1 saturated heterocycles. The van der Waals surface area contributed by atoms with Crippen LogP contribution in [0.2, 0.25) is 0 Å². The molecule has 0 aromatic carbocycles. The van der Waals surface area contributed by atoms with Crippen molar-refractivity contribution in [3.05, 3.63) is 35.5 Å². The molecule has 7 heteroatoms. The van der Waals surface area contributed by atoms with E-state index in [1.165, 1.54) is 0 Å². The van der Waals surface area contributed by atoms with Crippen LogP contribution in [0.3, 0.4) is 0 Å². The Balaban J connectivity index is 1.69. The average Bonchev–Trinajstić information content (AvgIpc) is 2.96. The Kier molecular flexibility index (Phi) is 4.04. The Hall–Kier alpha value is -2.44. The summed E-state index contributed by atoms with van der Waals surface area (Å²) in [5.41, 5.74) is 1.35. The Morgan fingerprint density at radius 2 is 1.91 bits per heavy atom. The van der Waals surface area contributed by atoms with E-state index in [0.29, 0.717) is 36.8 Å². The third-order valence-corrected chi connectivity index (χ3v) is 3.88.